The summed E-state index contributed by atoms with van der Waals surface area (Å²) in [6.07, 6.45) is 0.797. The van der Waals surface area contributed by atoms with E-state index in [4.69, 9.17) is 18.8 Å². The van der Waals surface area contributed by atoms with Gasteiger partial charge < -0.3 is 18.8 Å². The van der Waals surface area contributed by atoms with Crippen molar-refractivity contribution in [2.75, 3.05) is 26.5 Å². The first-order valence-electron chi connectivity index (χ1n) is 6.81. The van der Waals surface area contributed by atoms with Gasteiger partial charge in [0.05, 0.1) is 13.2 Å². The van der Waals surface area contributed by atoms with Crippen molar-refractivity contribution in [3.05, 3.63) is 0 Å². The molecule has 0 aromatic heterocycles. The van der Waals surface area contributed by atoms with Crippen LogP contribution in [0.4, 0.5) is 0 Å². The van der Waals surface area contributed by atoms with E-state index >= 15 is 0 Å². The van der Waals surface area contributed by atoms with Gasteiger partial charge in [0.15, 0.2) is 0 Å². The molecule has 2 N–H and O–H groups in total. The molecule has 8 heteroatoms. The lowest BCUT2D eigenvalue weighted by atomic mass is 9.93. The normalized spacial score (nSPS) is 18.2. The highest BCUT2D eigenvalue weighted by Crippen LogP contribution is 2.38. The van der Waals surface area contributed by atoms with Gasteiger partial charge in [-0.2, -0.15) is 0 Å². The van der Waals surface area contributed by atoms with Crippen LogP contribution in [0.5, 0.6) is 0 Å². The molecule has 0 saturated carbocycles. The molecule has 0 aliphatic heterocycles. The maximum absolute atomic E-state index is 10.6. The Kier molecular flexibility index (Phi) is 9.88. The highest BCUT2D eigenvalue weighted by atomic mass is 31.2. The molecule has 2 atom stereocenters. The van der Waals surface area contributed by atoms with Crippen LogP contribution in [0.25, 0.3) is 0 Å². The fourth-order valence-corrected chi connectivity index (χ4v) is 1.89. The highest BCUT2D eigenvalue weighted by molar-refractivity contribution is 7.52. The maximum Gasteiger partial charge on any atom is 0.325 e. The first-order valence-corrected chi connectivity index (χ1v) is 10.9. The van der Waals surface area contributed by atoms with E-state index < -0.39 is 15.2 Å². The van der Waals surface area contributed by atoms with E-state index in [9.17, 15) is 9.13 Å². The number of hydrogen-bond acceptors (Lipinski definition) is 4. The minimum atomic E-state index is -3.26. The quantitative estimate of drug-likeness (QED) is 0.728. The average molecular weight is 346 g/mol. The summed E-state index contributed by atoms with van der Waals surface area (Å²) in [6, 6.07) is 0. The maximum atomic E-state index is 10.6. The van der Waals surface area contributed by atoms with E-state index in [-0.39, 0.29) is 10.8 Å². The van der Waals surface area contributed by atoms with Crippen LogP contribution in [0.2, 0.25) is 0 Å². The van der Waals surface area contributed by atoms with Crippen LogP contribution >= 0.6 is 15.2 Å². The molecule has 0 amide bonds. The third-order valence-electron chi connectivity index (χ3n) is 1.92. The standard InChI is InChI=1S/C7H17O3P.C6H15O3P/c1-7(2,3)5-6-10-11(4,8)9;1-6(2,3)5-9-10(4,7)8/h5-6H2,1-4H3,(H,8,9);5H2,1-4H3,(H,7,8). The fourth-order valence-electron chi connectivity index (χ4n) is 0.835. The second-order valence-electron chi connectivity index (χ2n) is 7.58. The van der Waals surface area contributed by atoms with E-state index in [1.807, 2.05) is 20.8 Å². The van der Waals surface area contributed by atoms with Gasteiger partial charge in [-0.05, 0) is 17.3 Å². The second kappa shape index (κ2) is 8.81. The number of rotatable bonds is 5. The molecule has 0 radical (unpaired) electrons. The Bertz CT molecular complexity index is 369. The zero-order valence-electron chi connectivity index (χ0n) is 14.5. The van der Waals surface area contributed by atoms with Crippen molar-refractivity contribution in [2.24, 2.45) is 10.8 Å². The Morgan fingerprint density at radius 3 is 1.38 bits per heavy atom. The molecule has 6 nitrogen and oxygen atoms in total. The van der Waals surface area contributed by atoms with Crippen molar-refractivity contribution < 1.29 is 28.0 Å². The number of hydrogen-bond donors (Lipinski definition) is 2. The summed E-state index contributed by atoms with van der Waals surface area (Å²) in [4.78, 5) is 17.5. The Morgan fingerprint density at radius 2 is 1.19 bits per heavy atom. The molecule has 130 valence electrons. The van der Waals surface area contributed by atoms with Crippen molar-refractivity contribution in [1.29, 1.82) is 0 Å². The van der Waals surface area contributed by atoms with Crippen LogP contribution in [-0.4, -0.2) is 36.3 Å². The molecule has 0 aliphatic carbocycles. The van der Waals surface area contributed by atoms with Crippen molar-refractivity contribution in [3.8, 4) is 0 Å². The van der Waals surface area contributed by atoms with Crippen LogP contribution < -0.4 is 0 Å². The molecule has 0 aromatic carbocycles. The average Bonchev–Trinajstić information content (AvgIpc) is 2.09. The van der Waals surface area contributed by atoms with E-state index in [1.165, 1.54) is 13.3 Å². The van der Waals surface area contributed by atoms with Gasteiger partial charge in [0, 0.05) is 13.3 Å². The van der Waals surface area contributed by atoms with Gasteiger partial charge in [-0.3, -0.25) is 9.13 Å². The molecule has 0 bridgehead atoms. The molecule has 0 spiro atoms. The third kappa shape index (κ3) is 29.0. The van der Waals surface area contributed by atoms with E-state index in [1.54, 1.807) is 0 Å². The topological polar surface area (TPSA) is 93.1 Å². The monoisotopic (exact) mass is 346 g/mol. The summed E-state index contributed by atoms with van der Waals surface area (Å²) >= 11 is 0. The predicted octanol–water partition coefficient (Wildman–Crippen LogP) is 4.12. The van der Waals surface area contributed by atoms with E-state index in [0.29, 0.717) is 13.2 Å². The molecule has 2 unspecified atom stereocenters. The van der Waals surface area contributed by atoms with E-state index in [0.717, 1.165) is 6.42 Å². The molecular formula is C13H32O6P2. The molecule has 0 rings (SSSR count). The Morgan fingerprint density at radius 1 is 0.810 bits per heavy atom. The third-order valence-corrected chi connectivity index (χ3v) is 3.19. The lowest BCUT2D eigenvalue weighted by molar-refractivity contribution is 0.177. The van der Waals surface area contributed by atoms with Crippen LogP contribution in [0.15, 0.2) is 0 Å². The summed E-state index contributed by atoms with van der Waals surface area (Å²) in [7, 11) is -6.51. The minimum Gasteiger partial charge on any atom is -0.324 e. The molecular weight excluding hydrogens is 314 g/mol. The van der Waals surface area contributed by atoms with Gasteiger partial charge in [0.25, 0.3) is 0 Å². The SMILES string of the molecule is CC(C)(C)CCOP(C)(=O)O.CC(C)(C)COP(C)(=O)O. The van der Waals surface area contributed by atoms with Crippen LogP contribution in [0.3, 0.4) is 0 Å². The van der Waals surface area contributed by atoms with Gasteiger partial charge >= 0.3 is 15.2 Å². The summed E-state index contributed by atoms with van der Waals surface area (Å²) in [5, 5.41) is 0. The van der Waals surface area contributed by atoms with Crippen molar-refractivity contribution >= 4 is 15.2 Å². The van der Waals surface area contributed by atoms with Gasteiger partial charge in [-0.15, -0.1) is 0 Å². The molecule has 0 fully saturated rings. The van der Waals surface area contributed by atoms with Crippen LogP contribution in [-0.2, 0) is 18.2 Å². The van der Waals surface area contributed by atoms with Crippen molar-refractivity contribution in [3.63, 3.8) is 0 Å². The van der Waals surface area contributed by atoms with Crippen LogP contribution in [0, 0.1) is 10.8 Å². The predicted molar refractivity (Wildman–Crippen MR) is 86.9 cm³/mol. The van der Waals surface area contributed by atoms with Crippen molar-refractivity contribution in [1.82, 2.24) is 0 Å². The Balaban J connectivity index is 0. The molecule has 0 aromatic rings. The highest BCUT2D eigenvalue weighted by Gasteiger charge is 2.17. The second-order valence-corrected chi connectivity index (χ2v) is 11.3. The molecule has 0 aliphatic rings. The summed E-state index contributed by atoms with van der Waals surface area (Å²) in [5.41, 5.74) is 0.115. The van der Waals surface area contributed by atoms with Gasteiger partial charge in [0.1, 0.15) is 0 Å². The minimum absolute atomic E-state index is 0.0472. The fraction of sp³-hybridized carbons (Fsp3) is 1.00. The van der Waals surface area contributed by atoms with Crippen LogP contribution in [0.1, 0.15) is 48.0 Å². The smallest absolute Gasteiger partial charge is 0.324 e. The van der Waals surface area contributed by atoms with Gasteiger partial charge in [0.2, 0.25) is 0 Å². The van der Waals surface area contributed by atoms with E-state index in [2.05, 4.69) is 20.8 Å². The largest absolute Gasteiger partial charge is 0.325 e. The lowest BCUT2D eigenvalue weighted by Crippen LogP contribution is -2.13. The van der Waals surface area contributed by atoms with Gasteiger partial charge in [-0.1, -0.05) is 41.5 Å². The molecule has 0 heterocycles. The lowest BCUT2D eigenvalue weighted by Gasteiger charge is -2.18. The van der Waals surface area contributed by atoms with Gasteiger partial charge in [-0.25, -0.2) is 0 Å². The first kappa shape index (κ1) is 23.6. The summed E-state index contributed by atoms with van der Waals surface area (Å²) in [5.74, 6) is 0. The summed E-state index contributed by atoms with van der Waals surface area (Å²) in [6.45, 7) is 15.1. The Hall–Kier alpha value is 0.300. The van der Waals surface area contributed by atoms with Crippen molar-refractivity contribution in [2.45, 2.75) is 48.0 Å². The zero-order valence-corrected chi connectivity index (χ0v) is 16.3. The Labute approximate surface area is 129 Å². The zero-order chi connectivity index (χ0) is 17.5. The molecule has 0 saturated heterocycles. The molecule has 21 heavy (non-hydrogen) atoms. The summed E-state index contributed by atoms with van der Waals surface area (Å²) < 4.78 is 30.6. The first-order chi connectivity index (χ1) is 8.91.